The lowest BCUT2D eigenvalue weighted by Crippen LogP contribution is -2.30. The van der Waals surface area contributed by atoms with Crippen molar-refractivity contribution < 1.29 is 23.5 Å². The molecule has 3 amide bonds. The Balaban J connectivity index is 1.47. The van der Waals surface area contributed by atoms with E-state index in [-0.39, 0.29) is 17.2 Å². The molecule has 0 bridgehead atoms. The van der Waals surface area contributed by atoms with Crippen molar-refractivity contribution in [2.24, 2.45) is 0 Å². The van der Waals surface area contributed by atoms with Gasteiger partial charge in [0.25, 0.3) is 11.8 Å². The van der Waals surface area contributed by atoms with E-state index in [0.29, 0.717) is 22.7 Å². The van der Waals surface area contributed by atoms with Crippen LogP contribution >= 0.6 is 11.8 Å². The Morgan fingerprint density at radius 3 is 2.24 bits per heavy atom. The molecule has 0 aliphatic rings. The largest absolute Gasteiger partial charge is 0.497 e. The summed E-state index contributed by atoms with van der Waals surface area (Å²) in [7, 11) is 1.57. The molecule has 1 atom stereocenters. The van der Waals surface area contributed by atoms with Crippen molar-refractivity contribution in [3.8, 4) is 5.75 Å². The summed E-state index contributed by atoms with van der Waals surface area (Å²) in [6, 6.07) is 28.4. The average molecular weight is 570 g/mol. The first-order chi connectivity index (χ1) is 19.8. The summed E-state index contributed by atoms with van der Waals surface area (Å²) >= 11 is 1.32. The zero-order valence-corrected chi connectivity index (χ0v) is 23.2. The van der Waals surface area contributed by atoms with Gasteiger partial charge >= 0.3 is 0 Å². The van der Waals surface area contributed by atoms with Crippen molar-refractivity contribution >= 4 is 46.9 Å². The van der Waals surface area contributed by atoms with Gasteiger partial charge < -0.3 is 20.7 Å². The smallest absolute Gasteiger partial charge is 0.272 e. The van der Waals surface area contributed by atoms with E-state index >= 15 is 0 Å². The first kappa shape index (κ1) is 29.1. The van der Waals surface area contributed by atoms with Gasteiger partial charge in [0.05, 0.1) is 12.4 Å². The van der Waals surface area contributed by atoms with E-state index < -0.39 is 22.9 Å². The van der Waals surface area contributed by atoms with Gasteiger partial charge in [0.15, 0.2) is 0 Å². The van der Waals surface area contributed by atoms with Crippen molar-refractivity contribution in [1.82, 2.24) is 5.32 Å². The van der Waals surface area contributed by atoms with Crippen LogP contribution in [0.4, 0.5) is 15.8 Å². The van der Waals surface area contributed by atoms with Crippen LogP contribution in [0.2, 0.25) is 0 Å². The molecular weight excluding hydrogens is 541 g/mol. The van der Waals surface area contributed by atoms with E-state index in [1.165, 1.54) is 36.0 Å². The van der Waals surface area contributed by atoms with E-state index in [9.17, 15) is 18.8 Å². The number of methoxy groups -OCH3 is 1. The normalized spacial score (nSPS) is 11.7. The summed E-state index contributed by atoms with van der Waals surface area (Å²) in [6.45, 7) is 1.78. The number of thioether (sulfide) groups is 1. The number of benzene rings is 4. The summed E-state index contributed by atoms with van der Waals surface area (Å²) in [6.07, 6.45) is 1.29. The predicted octanol–water partition coefficient (Wildman–Crippen LogP) is 6.36. The zero-order chi connectivity index (χ0) is 29.2. The fourth-order valence-corrected chi connectivity index (χ4v) is 4.64. The maximum absolute atomic E-state index is 14.4. The second kappa shape index (κ2) is 14.0. The van der Waals surface area contributed by atoms with Crippen molar-refractivity contribution in [3.63, 3.8) is 0 Å². The topological polar surface area (TPSA) is 96.5 Å². The van der Waals surface area contributed by atoms with Crippen molar-refractivity contribution in [1.29, 1.82) is 0 Å². The van der Waals surface area contributed by atoms with E-state index in [1.54, 1.807) is 92.9 Å². The van der Waals surface area contributed by atoms with Gasteiger partial charge in [0.1, 0.15) is 17.3 Å². The summed E-state index contributed by atoms with van der Waals surface area (Å²) in [5.41, 5.74) is 1.45. The number of nitrogens with one attached hydrogen (secondary N) is 3. The van der Waals surface area contributed by atoms with E-state index in [0.717, 1.165) is 4.90 Å². The van der Waals surface area contributed by atoms with E-state index in [1.807, 2.05) is 6.07 Å². The molecule has 41 heavy (non-hydrogen) atoms. The standard InChI is InChI=1S/C32H28FN3O4S/c1-21(30(37)34-24-15-17-26(40-2)18-16-24)41-27-13-8-12-25(20-27)35-32(39)29(19-23-11-6-7-14-28(23)33)36-31(38)22-9-4-3-5-10-22/h3-21H,1-2H3,(H,34,37)(H,35,39)(H,36,38)/b29-19-. The Hall–Kier alpha value is -4.89. The average Bonchev–Trinajstić information content (AvgIpc) is 2.98. The van der Waals surface area contributed by atoms with Crippen molar-refractivity contribution in [2.75, 3.05) is 17.7 Å². The lowest BCUT2D eigenvalue weighted by molar-refractivity contribution is -0.115. The quantitative estimate of drug-likeness (QED) is 0.153. The molecule has 0 fully saturated rings. The third-order valence-corrected chi connectivity index (χ3v) is 6.96. The molecule has 0 heterocycles. The highest BCUT2D eigenvalue weighted by atomic mass is 32.2. The number of hydrogen-bond acceptors (Lipinski definition) is 5. The van der Waals surface area contributed by atoms with Crippen LogP contribution in [0.3, 0.4) is 0 Å². The SMILES string of the molecule is COc1ccc(NC(=O)C(C)Sc2cccc(NC(=O)/C(=C/c3ccccc3F)NC(=O)c3ccccc3)c2)cc1. The summed E-state index contributed by atoms with van der Waals surface area (Å²) in [4.78, 5) is 39.6. The molecular formula is C32H28FN3O4S. The van der Waals surface area contributed by atoms with Crippen LogP contribution in [-0.4, -0.2) is 30.1 Å². The minimum Gasteiger partial charge on any atom is -0.497 e. The van der Waals surface area contributed by atoms with Crippen LogP contribution in [0.1, 0.15) is 22.8 Å². The second-order valence-electron chi connectivity index (χ2n) is 8.86. The summed E-state index contributed by atoms with van der Waals surface area (Å²) in [5, 5.41) is 7.79. The van der Waals surface area contributed by atoms with E-state index in [4.69, 9.17) is 4.74 Å². The Kier molecular flexibility index (Phi) is 9.90. The summed E-state index contributed by atoms with van der Waals surface area (Å²) in [5.74, 6) is -1.18. The van der Waals surface area contributed by atoms with Gasteiger partial charge in [-0.3, -0.25) is 14.4 Å². The van der Waals surface area contributed by atoms with Crippen LogP contribution in [0.25, 0.3) is 6.08 Å². The molecule has 0 aromatic heterocycles. The molecule has 7 nitrogen and oxygen atoms in total. The molecule has 9 heteroatoms. The molecule has 4 rings (SSSR count). The fraction of sp³-hybridized carbons (Fsp3) is 0.0938. The number of rotatable bonds is 10. The third-order valence-electron chi connectivity index (χ3n) is 5.87. The molecule has 0 aliphatic heterocycles. The number of ether oxygens (including phenoxy) is 1. The number of anilines is 2. The highest BCUT2D eigenvalue weighted by molar-refractivity contribution is 8.00. The van der Waals surface area contributed by atoms with Crippen molar-refractivity contribution in [3.05, 3.63) is 126 Å². The number of carbonyl (C=O) groups is 3. The number of carbonyl (C=O) groups excluding carboxylic acids is 3. The summed E-state index contributed by atoms with van der Waals surface area (Å²) < 4.78 is 19.5. The molecule has 0 spiro atoms. The maximum atomic E-state index is 14.4. The van der Waals surface area contributed by atoms with Crippen molar-refractivity contribution in [2.45, 2.75) is 17.1 Å². The Labute approximate surface area is 241 Å². The van der Waals surface area contributed by atoms with Gasteiger partial charge in [-0.2, -0.15) is 0 Å². The van der Waals surface area contributed by atoms with Crippen LogP contribution in [0.5, 0.6) is 5.75 Å². The number of hydrogen-bond donors (Lipinski definition) is 3. The number of halogens is 1. The van der Waals surface area contributed by atoms with Crippen LogP contribution < -0.4 is 20.7 Å². The Bertz CT molecular complexity index is 1560. The molecule has 0 saturated carbocycles. The van der Waals surface area contributed by atoms with Gasteiger partial charge in [-0.25, -0.2) is 4.39 Å². The monoisotopic (exact) mass is 569 g/mol. The van der Waals surface area contributed by atoms with Crippen LogP contribution in [0, 0.1) is 5.82 Å². The molecule has 4 aromatic carbocycles. The van der Waals surface area contributed by atoms with Gasteiger partial charge in [-0.05, 0) is 73.7 Å². The lowest BCUT2D eigenvalue weighted by atomic mass is 10.1. The molecule has 0 radical (unpaired) electrons. The fourth-order valence-electron chi connectivity index (χ4n) is 3.71. The van der Waals surface area contributed by atoms with Gasteiger partial charge in [-0.1, -0.05) is 42.5 Å². The maximum Gasteiger partial charge on any atom is 0.272 e. The molecule has 1 unspecified atom stereocenters. The van der Waals surface area contributed by atoms with Crippen LogP contribution in [0.15, 0.2) is 114 Å². The lowest BCUT2D eigenvalue weighted by Gasteiger charge is -2.14. The minimum absolute atomic E-state index is 0.130. The van der Waals surface area contributed by atoms with Crippen LogP contribution in [-0.2, 0) is 9.59 Å². The molecule has 0 aliphatic carbocycles. The zero-order valence-electron chi connectivity index (χ0n) is 22.4. The molecule has 4 aromatic rings. The predicted molar refractivity (Wildman–Crippen MR) is 160 cm³/mol. The van der Waals surface area contributed by atoms with Gasteiger partial charge in [0.2, 0.25) is 5.91 Å². The molecule has 3 N–H and O–H groups in total. The number of amides is 3. The minimum atomic E-state index is -0.634. The second-order valence-corrected chi connectivity index (χ2v) is 10.3. The highest BCUT2D eigenvalue weighted by Gasteiger charge is 2.18. The highest BCUT2D eigenvalue weighted by Crippen LogP contribution is 2.27. The molecule has 0 saturated heterocycles. The molecule has 208 valence electrons. The third kappa shape index (κ3) is 8.30. The first-order valence-electron chi connectivity index (χ1n) is 12.7. The van der Waals surface area contributed by atoms with E-state index in [2.05, 4.69) is 16.0 Å². The van der Waals surface area contributed by atoms with Gasteiger partial charge in [-0.15, -0.1) is 11.8 Å². The first-order valence-corrected chi connectivity index (χ1v) is 13.6. The van der Waals surface area contributed by atoms with Gasteiger partial charge in [0, 0.05) is 27.4 Å². The Morgan fingerprint density at radius 1 is 0.829 bits per heavy atom. The Morgan fingerprint density at radius 2 is 1.54 bits per heavy atom.